The van der Waals surface area contributed by atoms with Gasteiger partial charge in [-0.05, 0) is 24.6 Å². The molecule has 0 saturated carbocycles. The molecule has 0 aliphatic carbocycles. The van der Waals surface area contributed by atoms with Crippen LogP contribution < -0.4 is 5.32 Å². The molecule has 22 heavy (non-hydrogen) atoms. The number of para-hydroxylation sites is 1. The summed E-state index contributed by atoms with van der Waals surface area (Å²) in [7, 11) is 0. The summed E-state index contributed by atoms with van der Waals surface area (Å²) in [5.41, 5.74) is 2.28. The number of hydrogen-bond donors (Lipinski definition) is 1. The second-order valence-electron chi connectivity index (χ2n) is 5.62. The molecule has 5 nitrogen and oxygen atoms in total. The van der Waals surface area contributed by atoms with Crippen molar-refractivity contribution < 1.29 is 0 Å². The van der Waals surface area contributed by atoms with Crippen molar-refractivity contribution in [3.63, 3.8) is 0 Å². The van der Waals surface area contributed by atoms with Crippen molar-refractivity contribution >= 4 is 0 Å². The molecule has 0 amide bonds. The van der Waals surface area contributed by atoms with Gasteiger partial charge in [0.1, 0.15) is 0 Å². The van der Waals surface area contributed by atoms with Gasteiger partial charge in [-0.3, -0.25) is 0 Å². The Morgan fingerprint density at radius 3 is 2.86 bits per heavy atom. The Kier molecular flexibility index (Phi) is 4.65. The van der Waals surface area contributed by atoms with Crippen molar-refractivity contribution in [2.24, 2.45) is 5.92 Å². The zero-order valence-corrected chi connectivity index (χ0v) is 12.8. The van der Waals surface area contributed by atoms with E-state index in [0.29, 0.717) is 5.92 Å². The summed E-state index contributed by atoms with van der Waals surface area (Å²) in [4.78, 5) is 4.07. The molecule has 2 aromatic heterocycles. The number of rotatable bonds is 7. The first-order chi connectivity index (χ1) is 10.8. The molecule has 3 aromatic rings. The van der Waals surface area contributed by atoms with Gasteiger partial charge in [-0.15, -0.1) is 0 Å². The van der Waals surface area contributed by atoms with Crippen LogP contribution in [0.4, 0.5) is 0 Å². The number of benzene rings is 1. The molecule has 1 N–H and O–H groups in total. The van der Waals surface area contributed by atoms with E-state index in [1.165, 1.54) is 5.56 Å². The minimum absolute atomic E-state index is 0.554. The summed E-state index contributed by atoms with van der Waals surface area (Å²) in [6, 6.07) is 10.2. The number of imidazole rings is 1. The SMILES string of the molecule is CC(CNCc1cnn(-c2ccccc2)c1)Cn1ccnc1. The molecular formula is C17H21N5. The third-order valence-electron chi connectivity index (χ3n) is 3.56. The molecule has 1 aromatic carbocycles. The topological polar surface area (TPSA) is 47.7 Å². The molecule has 0 fully saturated rings. The Balaban J connectivity index is 1.47. The average Bonchev–Trinajstić information content (AvgIpc) is 3.20. The van der Waals surface area contributed by atoms with Gasteiger partial charge in [0.15, 0.2) is 0 Å². The maximum atomic E-state index is 4.41. The fraction of sp³-hybridized carbons (Fsp3) is 0.294. The molecule has 0 saturated heterocycles. The first-order valence-corrected chi connectivity index (χ1v) is 7.56. The Bertz CT molecular complexity index is 672. The van der Waals surface area contributed by atoms with Crippen LogP contribution in [-0.2, 0) is 13.1 Å². The highest BCUT2D eigenvalue weighted by molar-refractivity contribution is 5.30. The zero-order valence-electron chi connectivity index (χ0n) is 12.8. The van der Waals surface area contributed by atoms with E-state index in [9.17, 15) is 0 Å². The number of aromatic nitrogens is 4. The van der Waals surface area contributed by atoms with Crippen LogP contribution in [0, 0.1) is 5.92 Å². The lowest BCUT2D eigenvalue weighted by Gasteiger charge is -2.12. The van der Waals surface area contributed by atoms with Crippen LogP contribution in [-0.4, -0.2) is 25.9 Å². The van der Waals surface area contributed by atoms with Crippen molar-refractivity contribution in [1.29, 1.82) is 0 Å². The highest BCUT2D eigenvalue weighted by Crippen LogP contribution is 2.07. The molecule has 0 bridgehead atoms. The summed E-state index contributed by atoms with van der Waals surface area (Å²) in [5.74, 6) is 0.554. The van der Waals surface area contributed by atoms with Crippen molar-refractivity contribution in [2.45, 2.75) is 20.0 Å². The second-order valence-corrected chi connectivity index (χ2v) is 5.62. The van der Waals surface area contributed by atoms with E-state index in [0.717, 1.165) is 25.3 Å². The summed E-state index contributed by atoms with van der Waals surface area (Å²) >= 11 is 0. The monoisotopic (exact) mass is 295 g/mol. The smallest absolute Gasteiger partial charge is 0.0946 e. The number of nitrogens with one attached hydrogen (secondary N) is 1. The predicted molar refractivity (Wildman–Crippen MR) is 86.7 cm³/mol. The second kappa shape index (κ2) is 7.04. The molecule has 1 atom stereocenters. The Hall–Kier alpha value is -2.40. The van der Waals surface area contributed by atoms with Gasteiger partial charge in [0.05, 0.1) is 18.2 Å². The van der Waals surface area contributed by atoms with Gasteiger partial charge in [0, 0.05) is 37.2 Å². The third kappa shape index (κ3) is 3.83. The van der Waals surface area contributed by atoms with Crippen molar-refractivity contribution in [1.82, 2.24) is 24.6 Å². The van der Waals surface area contributed by atoms with Crippen LogP contribution in [0.15, 0.2) is 61.4 Å². The standard InChI is InChI=1S/C17H21N5/c1-15(12-21-8-7-18-14-21)9-19-10-16-11-20-22(13-16)17-5-3-2-4-6-17/h2-8,11,13-15,19H,9-10,12H2,1H3. The van der Waals surface area contributed by atoms with Gasteiger partial charge < -0.3 is 9.88 Å². The highest BCUT2D eigenvalue weighted by atomic mass is 15.3. The van der Waals surface area contributed by atoms with E-state index in [-0.39, 0.29) is 0 Å². The van der Waals surface area contributed by atoms with Gasteiger partial charge in [-0.1, -0.05) is 25.1 Å². The van der Waals surface area contributed by atoms with Crippen LogP contribution in [0.2, 0.25) is 0 Å². The van der Waals surface area contributed by atoms with Gasteiger partial charge >= 0.3 is 0 Å². The van der Waals surface area contributed by atoms with E-state index in [1.807, 2.05) is 47.8 Å². The van der Waals surface area contributed by atoms with E-state index in [2.05, 4.69) is 45.2 Å². The Morgan fingerprint density at radius 1 is 1.23 bits per heavy atom. The van der Waals surface area contributed by atoms with Crippen molar-refractivity contribution in [3.8, 4) is 5.69 Å². The highest BCUT2D eigenvalue weighted by Gasteiger charge is 2.04. The maximum absolute atomic E-state index is 4.41. The lowest BCUT2D eigenvalue weighted by Crippen LogP contribution is -2.23. The lowest BCUT2D eigenvalue weighted by atomic mass is 10.2. The maximum Gasteiger partial charge on any atom is 0.0946 e. The minimum atomic E-state index is 0.554. The lowest BCUT2D eigenvalue weighted by molar-refractivity contribution is 0.445. The summed E-state index contributed by atoms with van der Waals surface area (Å²) in [6.07, 6.45) is 9.67. The van der Waals surface area contributed by atoms with E-state index in [4.69, 9.17) is 0 Å². The van der Waals surface area contributed by atoms with Gasteiger partial charge in [0.2, 0.25) is 0 Å². The van der Waals surface area contributed by atoms with Gasteiger partial charge in [-0.2, -0.15) is 5.10 Å². The molecule has 2 heterocycles. The van der Waals surface area contributed by atoms with Crippen LogP contribution in [0.25, 0.3) is 5.69 Å². The van der Waals surface area contributed by atoms with E-state index in [1.54, 1.807) is 0 Å². The fourth-order valence-electron chi connectivity index (χ4n) is 2.46. The Morgan fingerprint density at radius 2 is 2.09 bits per heavy atom. The molecule has 114 valence electrons. The van der Waals surface area contributed by atoms with Gasteiger partial charge in [-0.25, -0.2) is 9.67 Å². The molecule has 1 unspecified atom stereocenters. The van der Waals surface area contributed by atoms with Crippen LogP contribution in [0.5, 0.6) is 0 Å². The summed E-state index contributed by atoms with van der Waals surface area (Å²) < 4.78 is 4.02. The number of hydrogen-bond acceptors (Lipinski definition) is 3. The zero-order chi connectivity index (χ0) is 15.2. The van der Waals surface area contributed by atoms with Crippen molar-refractivity contribution in [3.05, 3.63) is 67.0 Å². The first-order valence-electron chi connectivity index (χ1n) is 7.56. The van der Waals surface area contributed by atoms with E-state index >= 15 is 0 Å². The molecule has 3 rings (SSSR count). The first kappa shape index (κ1) is 14.5. The summed E-state index contributed by atoms with van der Waals surface area (Å²) in [6.45, 7) is 5.02. The fourth-order valence-corrected chi connectivity index (χ4v) is 2.46. The van der Waals surface area contributed by atoms with E-state index < -0.39 is 0 Å². The van der Waals surface area contributed by atoms with Crippen molar-refractivity contribution in [2.75, 3.05) is 6.54 Å². The predicted octanol–water partition coefficient (Wildman–Crippen LogP) is 2.49. The average molecular weight is 295 g/mol. The summed E-state index contributed by atoms with van der Waals surface area (Å²) in [5, 5.41) is 7.90. The molecule has 0 aliphatic heterocycles. The van der Waals surface area contributed by atoms with Gasteiger partial charge in [0.25, 0.3) is 0 Å². The molecular weight excluding hydrogens is 274 g/mol. The normalized spacial score (nSPS) is 12.4. The molecule has 0 aliphatic rings. The minimum Gasteiger partial charge on any atom is -0.337 e. The number of nitrogens with zero attached hydrogens (tertiary/aromatic N) is 4. The molecule has 5 heteroatoms. The molecule has 0 radical (unpaired) electrons. The molecule has 0 spiro atoms. The van der Waals surface area contributed by atoms with Crippen LogP contribution in [0.1, 0.15) is 12.5 Å². The quantitative estimate of drug-likeness (QED) is 0.728. The van der Waals surface area contributed by atoms with Crippen LogP contribution in [0.3, 0.4) is 0 Å². The Labute approximate surface area is 130 Å². The third-order valence-corrected chi connectivity index (χ3v) is 3.56. The largest absolute Gasteiger partial charge is 0.337 e. The van der Waals surface area contributed by atoms with Crippen LogP contribution >= 0.6 is 0 Å².